The van der Waals surface area contributed by atoms with Gasteiger partial charge in [-0.05, 0) is 28.9 Å². The number of nitrogens with one attached hydrogen (secondary N) is 1. The molecule has 0 aromatic heterocycles. The maximum atomic E-state index is 12.2. The number of alkyl carbamates (subject to hydrolysis) is 1. The molecule has 1 amide bonds. The second-order valence-electron chi connectivity index (χ2n) is 6.65. The van der Waals surface area contributed by atoms with Gasteiger partial charge in [0.25, 0.3) is 0 Å². The molecule has 0 saturated heterocycles. The van der Waals surface area contributed by atoms with E-state index in [1.807, 2.05) is 51.1 Å². The van der Waals surface area contributed by atoms with Crippen molar-refractivity contribution in [2.24, 2.45) is 11.8 Å². The van der Waals surface area contributed by atoms with Crippen molar-refractivity contribution in [3.05, 3.63) is 35.9 Å². The van der Waals surface area contributed by atoms with Gasteiger partial charge in [-0.3, -0.25) is 4.79 Å². The van der Waals surface area contributed by atoms with Crippen molar-refractivity contribution >= 4 is 20.7 Å². The first-order valence-corrected chi connectivity index (χ1v) is 9.82. The molecule has 150 valence electrons. The van der Waals surface area contributed by atoms with Crippen LogP contribution in [0.5, 0.6) is 0 Å². The van der Waals surface area contributed by atoms with Gasteiger partial charge in [0.2, 0.25) is 0 Å². The van der Waals surface area contributed by atoms with Crippen LogP contribution >= 0.6 is 8.69 Å². The van der Waals surface area contributed by atoms with Gasteiger partial charge < -0.3 is 14.8 Å². The number of benzene rings is 1. The number of carbonyl (C=O) groups excluding carboxylic acids is 2. The summed E-state index contributed by atoms with van der Waals surface area (Å²) >= 11 is 0. The molecule has 0 aliphatic rings. The van der Waals surface area contributed by atoms with Crippen LogP contribution in [-0.2, 0) is 30.0 Å². The van der Waals surface area contributed by atoms with Gasteiger partial charge in [0, 0.05) is 0 Å². The first-order chi connectivity index (χ1) is 12.9. The van der Waals surface area contributed by atoms with Crippen LogP contribution in [0.3, 0.4) is 0 Å². The van der Waals surface area contributed by atoms with E-state index in [0.717, 1.165) is 5.56 Å². The smallest absolute Gasteiger partial charge is 0.469 e. The van der Waals surface area contributed by atoms with E-state index in [1.165, 1.54) is 7.11 Å². The molecule has 0 aliphatic heterocycles. The Balaban J connectivity index is 2.82. The monoisotopic (exact) mass is 398 g/mol. The molecule has 0 spiro atoms. The SMILES string of the molecule is CCC(NC(=O)OCc1ccccc1)C(O[PH+]=O)C(CC(C)C)C(=O)OC. The predicted octanol–water partition coefficient (Wildman–Crippen LogP) is 3.85. The van der Waals surface area contributed by atoms with Gasteiger partial charge >= 0.3 is 20.7 Å². The molecule has 4 unspecified atom stereocenters. The van der Waals surface area contributed by atoms with Gasteiger partial charge in [0.1, 0.15) is 12.7 Å². The third-order valence-electron chi connectivity index (χ3n) is 4.16. The third kappa shape index (κ3) is 8.06. The molecule has 0 bridgehead atoms. The molecule has 1 rings (SSSR count). The number of rotatable bonds is 11. The summed E-state index contributed by atoms with van der Waals surface area (Å²) in [4.78, 5) is 24.4. The first-order valence-electron chi connectivity index (χ1n) is 9.00. The zero-order chi connectivity index (χ0) is 20.2. The Morgan fingerprint density at radius 1 is 1.19 bits per heavy atom. The molecular formula is C19H29NO6P+. The molecule has 1 aromatic rings. The molecule has 0 radical (unpaired) electrons. The van der Waals surface area contributed by atoms with Gasteiger partial charge in [-0.1, -0.05) is 51.1 Å². The van der Waals surface area contributed by atoms with E-state index >= 15 is 0 Å². The van der Waals surface area contributed by atoms with Crippen molar-refractivity contribution < 1.29 is 28.2 Å². The molecule has 27 heavy (non-hydrogen) atoms. The van der Waals surface area contributed by atoms with E-state index in [-0.39, 0.29) is 12.5 Å². The number of ether oxygens (including phenoxy) is 2. The molecule has 0 saturated carbocycles. The average molecular weight is 398 g/mol. The van der Waals surface area contributed by atoms with E-state index in [1.54, 1.807) is 0 Å². The quantitative estimate of drug-likeness (QED) is 0.450. The molecular weight excluding hydrogens is 369 g/mol. The van der Waals surface area contributed by atoms with Gasteiger partial charge in [-0.2, -0.15) is 0 Å². The van der Waals surface area contributed by atoms with Crippen LogP contribution in [0.2, 0.25) is 0 Å². The summed E-state index contributed by atoms with van der Waals surface area (Å²) in [5.74, 6) is -0.904. The number of carbonyl (C=O) groups is 2. The molecule has 8 heteroatoms. The van der Waals surface area contributed by atoms with E-state index in [2.05, 4.69) is 5.32 Å². The van der Waals surface area contributed by atoms with Crippen molar-refractivity contribution in [2.75, 3.05) is 7.11 Å². The fourth-order valence-corrected chi connectivity index (χ4v) is 3.30. The topological polar surface area (TPSA) is 90.9 Å². The number of esters is 1. The maximum Gasteiger partial charge on any atom is 0.494 e. The lowest BCUT2D eigenvalue weighted by Gasteiger charge is -2.28. The van der Waals surface area contributed by atoms with Crippen LogP contribution in [0.4, 0.5) is 4.79 Å². The molecule has 0 heterocycles. The standard InChI is InChI=1S/C19H28NO6P/c1-5-16(20-19(22)25-12-14-9-7-6-8-10-14)17(26-27-23)15(11-13(2)3)18(21)24-4/h6-10,13,15-17,27H,5,11-12H2,1-4H3/p+1. The number of amides is 1. The Morgan fingerprint density at radius 3 is 2.37 bits per heavy atom. The summed E-state index contributed by atoms with van der Waals surface area (Å²) < 4.78 is 26.6. The molecule has 4 atom stereocenters. The highest BCUT2D eigenvalue weighted by atomic mass is 31.1. The summed E-state index contributed by atoms with van der Waals surface area (Å²) in [6, 6.07) is 8.76. The lowest BCUT2D eigenvalue weighted by atomic mass is 9.87. The molecule has 7 nitrogen and oxygen atoms in total. The largest absolute Gasteiger partial charge is 0.494 e. The van der Waals surface area contributed by atoms with Gasteiger partial charge in [-0.15, -0.1) is 4.52 Å². The second kappa shape index (κ2) is 12.4. The Morgan fingerprint density at radius 2 is 1.85 bits per heavy atom. The Kier molecular flexibility index (Phi) is 10.6. The molecule has 0 fully saturated rings. The normalized spacial score (nSPS) is 14.4. The van der Waals surface area contributed by atoms with Crippen molar-refractivity contribution in [1.29, 1.82) is 0 Å². The zero-order valence-electron chi connectivity index (χ0n) is 16.3. The van der Waals surface area contributed by atoms with E-state index < -0.39 is 38.8 Å². The Hall–Kier alpha value is -1.98. The van der Waals surface area contributed by atoms with Gasteiger partial charge in [0.05, 0.1) is 19.1 Å². The fourth-order valence-electron chi connectivity index (χ4n) is 2.86. The van der Waals surface area contributed by atoms with Gasteiger partial charge in [0.15, 0.2) is 0 Å². The molecule has 1 N–H and O–H groups in total. The predicted molar refractivity (Wildman–Crippen MR) is 103 cm³/mol. The van der Waals surface area contributed by atoms with Gasteiger partial charge in [-0.25, -0.2) is 4.79 Å². The minimum Gasteiger partial charge on any atom is -0.469 e. The lowest BCUT2D eigenvalue weighted by Crippen LogP contribution is -2.49. The third-order valence-corrected chi connectivity index (χ3v) is 4.53. The van der Waals surface area contributed by atoms with Crippen LogP contribution in [0.25, 0.3) is 0 Å². The van der Waals surface area contributed by atoms with Crippen LogP contribution < -0.4 is 5.32 Å². The summed E-state index contributed by atoms with van der Waals surface area (Å²) in [5.41, 5.74) is 0.863. The van der Waals surface area contributed by atoms with Crippen LogP contribution in [0.15, 0.2) is 30.3 Å². The highest BCUT2D eigenvalue weighted by Crippen LogP contribution is 2.26. The number of methoxy groups -OCH3 is 1. The summed E-state index contributed by atoms with van der Waals surface area (Å²) in [5, 5.41) is 2.73. The number of hydrogen-bond donors (Lipinski definition) is 1. The summed E-state index contributed by atoms with van der Waals surface area (Å²) in [6.45, 7) is 5.91. The van der Waals surface area contributed by atoms with E-state index in [9.17, 15) is 14.2 Å². The van der Waals surface area contributed by atoms with Crippen molar-refractivity contribution in [3.8, 4) is 0 Å². The highest BCUT2D eigenvalue weighted by molar-refractivity contribution is 7.17. The lowest BCUT2D eigenvalue weighted by molar-refractivity contribution is -0.150. The fraction of sp³-hybridized carbons (Fsp3) is 0.579. The summed E-state index contributed by atoms with van der Waals surface area (Å²) in [7, 11) is 0.243. The highest BCUT2D eigenvalue weighted by Gasteiger charge is 2.39. The van der Waals surface area contributed by atoms with Crippen LogP contribution in [0.1, 0.15) is 39.2 Å². The first kappa shape index (κ1) is 23.1. The Bertz CT molecular complexity index is 595. The van der Waals surface area contributed by atoms with Crippen molar-refractivity contribution in [3.63, 3.8) is 0 Å². The van der Waals surface area contributed by atoms with Crippen molar-refractivity contribution in [1.82, 2.24) is 5.32 Å². The molecule has 1 aromatic carbocycles. The minimum absolute atomic E-state index is 0.129. The van der Waals surface area contributed by atoms with Crippen LogP contribution in [0, 0.1) is 11.8 Å². The summed E-state index contributed by atoms with van der Waals surface area (Å²) in [6.07, 6.45) is -0.438. The minimum atomic E-state index is -1.06. The zero-order valence-corrected chi connectivity index (χ0v) is 17.3. The van der Waals surface area contributed by atoms with E-state index in [0.29, 0.717) is 12.8 Å². The Labute approximate surface area is 162 Å². The number of hydrogen-bond acceptors (Lipinski definition) is 6. The molecule has 0 aliphatic carbocycles. The van der Waals surface area contributed by atoms with Crippen molar-refractivity contribution in [2.45, 2.75) is 52.4 Å². The maximum absolute atomic E-state index is 12.2. The van der Waals surface area contributed by atoms with E-state index in [4.69, 9.17) is 14.0 Å². The average Bonchev–Trinajstić information content (AvgIpc) is 2.67. The second-order valence-corrected chi connectivity index (χ2v) is 7.05. The van der Waals surface area contributed by atoms with Crippen LogP contribution in [-0.4, -0.2) is 31.3 Å².